The molecule has 4 aromatic rings. The second-order valence-corrected chi connectivity index (χ2v) is 8.49. The van der Waals surface area contributed by atoms with E-state index in [0.29, 0.717) is 29.6 Å². The van der Waals surface area contributed by atoms with Crippen LogP contribution in [0, 0.1) is 27.7 Å². The summed E-state index contributed by atoms with van der Waals surface area (Å²) in [6, 6.07) is 19.3. The Hall–Kier alpha value is -3.73. The van der Waals surface area contributed by atoms with Gasteiger partial charge >= 0.3 is 0 Å². The highest BCUT2D eigenvalue weighted by Gasteiger charge is 2.20. The molecule has 0 saturated heterocycles. The number of aryl methyl sites for hydroxylation is 4. The molecule has 1 aromatic heterocycles. The summed E-state index contributed by atoms with van der Waals surface area (Å²) in [4.78, 5) is 14.6. The molecule has 1 unspecified atom stereocenters. The Morgan fingerprint density at radius 2 is 1.33 bits per heavy atom. The van der Waals surface area contributed by atoms with E-state index in [1.807, 2.05) is 13.0 Å². The van der Waals surface area contributed by atoms with Crippen LogP contribution in [0.5, 0.6) is 11.5 Å². The molecule has 0 aliphatic carbocycles. The number of rotatable bonds is 6. The molecule has 0 radical (unpaired) electrons. The summed E-state index contributed by atoms with van der Waals surface area (Å²) < 4.78 is 6.20. The summed E-state index contributed by atoms with van der Waals surface area (Å²) in [6.45, 7) is 10.3. The Morgan fingerprint density at radius 1 is 0.758 bits per heavy atom. The van der Waals surface area contributed by atoms with E-state index in [4.69, 9.17) is 19.7 Å². The summed E-state index contributed by atoms with van der Waals surface area (Å²) in [5, 5.41) is 9.84. The monoisotopic (exact) mass is 439 g/mol. The van der Waals surface area contributed by atoms with Gasteiger partial charge in [0, 0.05) is 17.2 Å². The predicted molar refractivity (Wildman–Crippen MR) is 131 cm³/mol. The summed E-state index contributed by atoms with van der Waals surface area (Å²) in [5.41, 5.74) is 6.56. The van der Waals surface area contributed by atoms with Crippen molar-refractivity contribution in [2.75, 3.05) is 0 Å². The molecule has 1 atom stereocenters. The zero-order chi connectivity index (χ0) is 23.5. The first kappa shape index (κ1) is 22.5. The minimum atomic E-state index is -0.385. The number of ether oxygens (including phenoxy) is 1. The van der Waals surface area contributed by atoms with Gasteiger partial charge in [0.05, 0.1) is 0 Å². The highest BCUT2D eigenvalue weighted by molar-refractivity contribution is 5.66. The Bertz CT molecular complexity index is 1230. The van der Waals surface area contributed by atoms with Crippen molar-refractivity contribution >= 4 is 0 Å². The summed E-state index contributed by atoms with van der Waals surface area (Å²) in [7, 11) is 0. The topological polar surface area (TPSA) is 68.1 Å². The number of phenolic OH excluding ortho intramolecular Hbond substituents is 1. The van der Waals surface area contributed by atoms with Gasteiger partial charge in [0.25, 0.3) is 0 Å². The van der Waals surface area contributed by atoms with E-state index >= 15 is 0 Å². The summed E-state index contributed by atoms with van der Waals surface area (Å²) >= 11 is 0. The molecule has 1 heterocycles. The van der Waals surface area contributed by atoms with Crippen LogP contribution in [-0.2, 0) is 0 Å². The van der Waals surface area contributed by atoms with Gasteiger partial charge in [0.2, 0.25) is 0 Å². The average molecular weight is 440 g/mol. The van der Waals surface area contributed by atoms with Gasteiger partial charge in [0.15, 0.2) is 23.6 Å². The lowest BCUT2D eigenvalue weighted by atomic mass is 10.0. The molecule has 0 amide bonds. The number of nitrogens with zero attached hydrogens (tertiary/aromatic N) is 3. The number of benzene rings is 3. The van der Waals surface area contributed by atoms with Crippen LogP contribution in [0.25, 0.3) is 22.8 Å². The number of hydrogen-bond acceptors (Lipinski definition) is 5. The van der Waals surface area contributed by atoms with Crippen LogP contribution in [0.15, 0.2) is 60.7 Å². The highest BCUT2D eigenvalue weighted by atomic mass is 16.5. The van der Waals surface area contributed by atoms with E-state index in [0.717, 1.165) is 22.3 Å². The lowest BCUT2D eigenvalue weighted by Gasteiger charge is -2.18. The molecule has 0 saturated carbocycles. The molecule has 5 nitrogen and oxygen atoms in total. The molecule has 0 aliphatic heterocycles. The third kappa shape index (κ3) is 5.03. The zero-order valence-corrected chi connectivity index (χ0v) is 19.8. The number of aromatic hydroxyl groups is 1. The largest absolute Gasteiger partial charge is 0.508 e. The Balaban J connectivity index is 1.86. The van der Waals surface area contributed by atoms with Gasteiger partial charge in [-0.1, -0.05) is 60.5 Å². The smallest absolute Gasteiger partial charge is 0.173 e. The Labute approximate surface area is 195 Å². The molecule has 33 heavy (non-hydrogen) atoms. The van der Waals surface area contributed by atoms with Crippen LogP contribution >= 0.6 is 0 Å². The van der Waals surface area contributed by atoms with Gasteiger partial charge in [-0.15, -0.1) is 0 Å². The van der Waals surface area contributed by atoms with Gasteiger partial charge in [-0.05, 0) is 57.4 Å². The van der Waals surface area contributed by atoms with Crippen LogP contribution in [0.2, 0.25) is 0 Å². The first-order chi connectivity index (χ1) is 15.8. The molecule has 5 heteroatoms. The fourth-order valence-corrected chi connectivity index (χ4v) is 3.95. The molecule has 0 aliphatic rings. The van der Waals surface area contributed by atoms with Crippen LogP contribution in [0.4, 0.5) is 0 Å². The van der Waals surface area contributed by atoms with Crippen molar-refractivity contribution < 1.29 is 9.84 Å². The van der Waals surface area contributed by atoms with E-state index in [9.17, 15) is 5.11 Å². The van der Waals surface area contributed by atoms with Crippen molar-refractivity contribution in [2.24, 2.45) is 0 Å². The molecular weight excluding hydrogens is 410 g/mol. The SMILES string of the molecule is CCC(Oc1cccc(O)c1)c1nc(-c2ccc(C)cc2C)nc(-c2ccc(C)cc2C)n1. The van der Waals surface area contributed by atoms with E-state index in [1.165, 1.54) is 11.1 Å². The number of phenols is 1. The Kier molecular flexibility index (Phi) is 6.40. The first-order valence-electron chi connectivity index (χ1n) is 11.2. The number of hydrogen-bond donors (Lipinski definition) is 1. The van der Waals surface area contributed by atoms with E-state index in [1.54, 1.807) is 18.2 Å². The van der Waals surface area contributed by atoms with Gasteiger partial charge in [-0.2, -0.15) is 0 Å². The van der Waals surface area contributed by atoms with Crippen LogP contribution in [0.3, 0.4) is 0 Å². The zero-order valence-electron chi connectivity index (χ0n) is 19.8. The third-order valence-electron chi connectivity index (χ3n) is 5.65. The van der Waals surface area contributed by atoms with Gasteiger partial charge in [0.1, 0.15) is 11.5 Å². The molecule has 168 valence electrons. The maximum absolute atomic E-state index is 9.84. The molecule has 0 spiro atoms. The van der Waals surface area contributed by atoms with E-state index < -0.39 is 0 Å². The minimum absolute atomic E-state index is 0.157. The summed E-state index contributed by atoms with van der Waals surface area (Å²) in [5.74, 6) is 2.56. The lowest BCUT2D eigenvalue weighted by Crippen LogP contribution is -2.13. The molecule has 4 rings (SSSR count). The lowest BCUT2D eigenvalue weighted by molar-refractivity contribution is 0.190. The van der Waals surface area contributed by atoms with Crippen LogP contribution < -0.4 is 4.74 Å². The van der Waals surface area contributed by atoms with Crippen molar-refractivity contribution in [1.82, 2.24) is 15.0 Å². The molecule has 3 aromatic carbocycles. The standard InChI is InChI=1S/C28H29N3O2/c1-6-25(33-22-9-7-8-21(32)16-22)28-30-26(23-12-10-17(2)14-19(23)4)29-27(31-28)24-13-11-18(3)15-20(24)5/h7-16,25,32H,6H2,1-5H3. The van der Waals surface area contributed by atoms with Gasteiger partial charge in [-0.3, -0.25) is 0 Å². The highest BCUT2D eigenvalue weighted by Crippen LogP contribution is 2.30. The third-order valence-corrected chi connectivity index (χ3v) is 5.65. The van der Waals surface area contributed by atoms with Crippen molar-refractivity contribution in [1.29, 1.82) is 0 Å². The second-order valence-electron chi connectivity index (χ2n) is 8.49. The first-order valence-corrected chi connectivity index (χ1v) is 11.2. The van der Waals surface area contributed by atoms with Crippen LogP contribution in [-0.4, -0.2) is 20.1 Å². The van der Waals surface area contributed by atoms with Crippen molar-refractivity contribution in [3.63, 3.8) is 0 Å². The Morgan fingerprint density at radius 3 is 1.82 bits per heavy atom. The predicted octanol–water partition coefficient (Wildman–Crippen LogP) is 6.67. The maximum atomic E-state index is 9.84. The fraction of sp³-hybridized carbons (Fsp3) is 0.250. The fourth-order valence-electron chi connectivity index (χ4n) is 3.95. The van der Waals surface area contributed by atoms with Crippen molar-refractivity contribution in [2.45, 2.75) is 47.1 Å². The van der Waals surface area contributed by atoms with E-state index in [2.05, 4.69) is 64.1 Å². The average Bonchev–Trinajstić information content (AvgIpc) is 2.77. The second kappa shape index (κ2) is 9.41. The van der Waals surface area contributed by atoms with Crippen molar-refractivity contribution in [3.8, 4) is 34.3 Å². The van der Waals surface area contributed by atoms with E-state index in [-0.39, 0.29) is 11.9 Å². The van der Waals surface area contributed by atoms with Crippen LogP contribution in [0.1, 0.15) is 47.5 Å². The van der Waals surface area contributed by atoms with Crippen molar-refractivity contribution in [3.05, 3.63) is 88.7 Å². The maximum Gasteiger partial charge on any atom is 0.173 e. The molecular formula is C28H29N3O2. The molecule has 0 fully saturated rings. The number of aromatic nitrogens is 3. The minimum Gasteiger partial charge on any atom is -0.508 e. The summed E-state index contributed by atoms with van der Waals surface area (Å²) in [6.07, 6.45) is 0.280. The van der Waals surface area contributed by atoms with Gasteiger partial charge < -0.3 is 9.84 Å². The molecule has 1 N–H and O–H groups in total. The quantitative estimate of drug-likeness (QED) is 0.363. The van der Waals surface area contributed by atoms with Gasteiger partial charge in [-0.25, -0.2) is 15.0 Å². The normalized spacial score (nSPS) is 11.9. The molecule has 0 bridgehead atoms.